The Bertz CT molecular complexity index is 456. The zero-order valence-electron chi connectivity index (χ0n) is 16.5. The number of piperidine rings is 1. The van der Waals surface area contributed by atoms with Crippen LogP contribution in [0.4, 0.5) is 0 Å². The van der Waals surface area contributed by atoms with Gasteiger partial charge in [0.15, 0.2) is 0 Å². The van der Waals surface area contributed by atoms with Crippen LogP contribution < -0.4 is 5.73 Å². The summed E-state index contributed by atoms with van der Waals surface area (Å²) in [5, 5.41) is 21.9. The third-order valence-electron chi connectivity index (χ3n) is 5.12. The largest absolute Gasteiger partial charge is 0.389 e. The minimum Gasteiger partial charge on any atom is -0.389 e. The highest BCUT2D eigenvalue weighted by atomic mass is 16.5. The van der Waals surface area contributed by atoms with Crippen LogP contribution in [0.3, 0.4) is 0 Å². The number of nitrogens with zero attached hydrogens (tertiary/aromatic N) is 1. The highest BCUT2D eigenvalue weighted by Crippen LogP contribution is 2.38. The van der Waals surface area contributed by atoms with Crippen molar-refractivity contribution in [3.8, 4) is 0 Å². The van der Waals surface area contributed by atoms with Crippen LogP contribution in [0, 0.1) is 11.8 Å². The molecule has 2 unspecified atom stereocenters. The molecule has 4 N–H and O–H groups in total. The summed E-state index contributed by atoms with van der Waals surface area (Å²) in [6, 6.07) is 0. The number of nitrogens with two attached hydrogens (primary N) is 1. The van der Waals surface area contributed by atoms with Gasteiger partial charge in [0, 0.05) is 17.2 Å². The van der Waals surface area contributed by atoms with Gasteiger partial charge in [-0.1, -0.05) is 19.9 Å². The van der Waals surface area contributed by atoms with E-state index >= 15 is 0 Å². The highest BCUT2D eigenvalue weighted by Gasteiger charge is 2.45. The monoisotopic (exact) mass is 356 g/mol. The van der Waals surface area contributed by atoms with E-state index in [1.807, 2.05) is 27.7 Å². The maximum Gasteiger partial charge on any atom is 0.241 e. The third kappa shape index (κ3) is 6.70. The average molecular weight is 357 g/mol. The summed E-state index contributed by atoms with van der Waals surface area (Å²) >= 11 is 0. The van der Waals surface area contributed by atoms with E-state index in [0.717, 1.165) is 12.8 Å². The number of carbonyl (C=O) groups excluding carboxylic acids is 1. The fourth-order valence-corrected chi connectivity index (χ4v) is 3.68. The molecule has 1 aliphatic rings. The molecule has 6 nitrogen and oxygen atoms in total. The van der Waals surface area contributed by atoms with Gasteiger partial charge in [-0.05, 0) is 58.8 Å². The van der Waals surface area contributed by atoms with Crippen LogP contribution in [0.25, 0.3) is 0 Å². The number of primary amides is 1. The summed E-state index contributed by atoms with van der Waals surface area (Å²) in [4.78, 5) is 10.8. The van der Waals surface area contributed by atoms with Crippen molar-refractivity contribution in [3.63, 3.8) is 0 Å². The fraction of sp³-hybridized carbons (Fsp3) is 0.842. The van der Waals surface area contributed by atoms with Crippen molar-refractivity contribution in [2.24, 2.45) is 17.6 Å². The second-order valence-electron chi connectivity index (χ2n) is 8.87. The van der Waals surface area contributed by atoms with E-state index in [2.05, 4.69) is 13.8 Å². The Balaban J connectivity index is 2.64. The van der Waals surface area contributed by atoms with E-state index in [9.17, 15) is 15.1 Å². The van der Waals surface area contributed by atoms with Crippen LogP contribution in [0.1, 0.15) is 60.8 Å². The number of amides is 1. The van der Waals surface area contributed by atoms with Gasteiger partial charge in [0.2, 0.25) is 5.91 Å². The molecule has 2 atom stereocenters. The van der Waals surface area contributed by atoms with E-state index in [1.165, 1.54) is 17.2 Å². The highest BCUT2D eigenvalue weighted by molar-refractivity contribution is 5.85. The number of carbonyl (C=O) groups is 1. The zero-order chi connectivity index (χ0) is 19.4. The van der Waals surface area contributed by atoms with Crippen LogP contribution in [0.15, 0.2) is 12.2 Å². The molecule has 0 spiro atoms. The molecule has 6 heteroatoms. The van der Waals surface area contributed by atoms with Gasteiger partial charge >= 0.3 is 0 Å². The first-order chi connectivity index (χ1) is 11.3. The summed E-state index contributed by atoms with van der Waals surface area (Å²) in [6.45, 7) is 12.8. The number of hydrogen-bond donors (Lipinski definition) is 3. The van der Waals surface area contributed by atoms with E-state index in [1.54, 1.807) is 0 Å². The molecule has 1 fully saturated rings. The maximum absolute atomic E-state index is 10.8. The topological polar surface area (TPSA) is 96.0 Å². The summed E-state index contributed by atoms with van der Waals surface area (Å²) in [7, 11) is 0. The summed E-state index contributed by atoms with van der Waals surface area (Å²) in [5.74, 6) is -0.0434. The Morgan fingerprint density at radius 2 is 1.80 bits per heavy atom. The molecular weight excluding hydrogens is 320 g/mol. The van der Waals surface area contributed by atoms with Gasteiger partial charge in [-0.2, -0.15) is 5.06 Å². The zero-order valence-corrected chi connectivity index (χ0v) is 16.5. The lowest BCUT2D eigenvalue weighted by Crippen LogP contribution is -2.60. The molecule has 0 aromatic rings. The normalized spacial score (nSPS) is 23.9. The van der Waals surface area contributed by atoms with Crippen molar-refractivity contribution in [2.45, 2.75) is 84.1 Å². The molecule has 1 saturated heterocycles. The van der Waals surface area contributed by atoms with Gasteiger partial charge in [0.25, 0.3) is 0 Å². The molecule has 1 amide bonds. The molecular formula is C19H36N2O4. The first kappa shape index (κ1) is 22.1. The Kier molecular flexibility index (Phi) is 7.62. The predicted octanol–water partition coefficient (Wildman–Crippen LogP) is 2.48. The van der Waals surface area contributed by atoms with Crippen molar-refractivity contribution in [1.29, 1.82) is 0 Å². The van der Waals surface area contributed by atoms with Gasteiger partial charge in [-0.15, -0.1) is 0 Å². The quantitative estimate of drug-likeness (QED) is 0.581. The molecule has 25 heavy (non-hydrogen) atoms. The minimum absolute atomic E-state index is 0.0629. The molecule has 0 saturated carbocycles. The summed E-state index contributed by atoms with van der Waals surface area (Å²) in [5.41, 5.74) is 4.38. The van der Waals surface area contributed by atoms with E-state index < -0.39 is 12.0 Å². The lowest BCUT2D eigenvalue weighted by atomic mass is 9.80. The van der Waals surface area contributed by atoms with Gasteiger partial charge < -0.3 is 20.8 Å². The lowest BCUT2D eigenvalue weighted by Gasteiger charge is -2.51. The fourth-order valence-electron chi connectivity index (χ4n) is 3.68. The SMILES string of the molecule is CC(C)C(COC1CC(C)(C)N(O)C(C)(C)C1)CC(O)/C=C/C(N)=O. The summed E-state index contributed by atoms with van der Waals surface area (Å²) in [6.07, 6.45) is 4.01. The van der Waals surface area contributed by atoms with Crippen molar-refractivity contribution in [3.05, 3.63) is 12.2 Å². The van der Waals surface area contributed by atoms with Crippen molar-refractivity contribution >= 4 is 5.91 Å². The second-order valence-corrected chi connectivity index (χ2v) is 8.87. The number of ether oxygens (including phenoxy) is 1. The van der Waals surface area contributed by atoms with Gasteiger partial charge in [0.1, 0.15) is 0 Å². The first-order valence-electron chi connectivity index (χ1n) is 9.11. The molecule has 1 rings (SSSR count). The molecule has 0 aromatic carbocycles. The Morgan fingerprint density at radius 3 is 2.24 bits per heavy atom. The third-order valence-corrected chi connectivity index (χ3v) is 5.12. The van der Waals surface area contributed by atoms with Crippen LogP contribution in [-0.4, -0.2) is 51.2 Å². The maximum atomic E-state index is 10.8. The molecule has 1 aliphatic heterocycles. The molecule has 146 valence electrons. The van der Waals surface area contributed by atoms with E-state index in [4.69, 9.17) is 10.5 Å². The molecule has 1 heterocycles. The van der Waals surface area contributed by atoms with Gasteiger partial charge in [-0.3, -0.25) is 4.79 Å². The molecule has 0 radical (unpaired) electrons. The van der Waals surface area contributed by atoms with Crippen LogP contribution in [-0.2, 0) is 9.53 Å². The van der Waals surface area contributed by atoms with Crippen LogP contribution in [0.5, 0.6) is 0 Å². The van der Waals surface area contributed by atoms with E-state index in [-0.39, 0.29) is 23.1 Å². The number of hydrogen-bond acceptors (Lipinski definition) is 5. The number of aliphatic hydroxyl groups excluding tert-OH is 1. The number of hydroxylamine groups is 2. The first-order valence-corrected chi connectivity index (χ1v) is 9.11. The average Bonchev–Trinajstić information content (AvgIpc) is 2.46. The Hall–Kier alpha value is -0.950. The predicted molar refractivity (Wildman–Crippen MR) is 98.0 cm³/mol. The van der Waals surface area contributed by atoms with Crippen molar-refractivity contribution in [1.82, 2.24) is 5.06 Å². The van der Waals surface area contributed by atoms with Gasteiger partial charge in [0.05, 0.1) is 18.8 Å². The standard InChI is InChI=1S/C19H36N2O4/c1-13(2)14(9-15(22)7-8-17(20)23)12-25-16-10-18(3,4)21(24)19(5,6)11-16/h7-8,13-16,22,24H,9-12H2,1-6H3,(H2,20,23)/b8-7+. The van der Waals surface area contributed by atoms with Crippen LogP contribution >= 0.6 is 0 Å². The Labute approximate surface area is 152 Å². The van der Waals surface area contributed by atoms with Crippen LogP contribution in [0.2, 0.25) is 0 Å². The van der Waals surface area contributed by atoms with Crippen molar-refractivity contribution in [2.75, 3.05) is 6.61 Å². The Morgan fingerprint density at radius 1 is 1.28 bits per heavy atom. The lowest BCUT2D eigenvalue weighted by molar-refractivity contribution is -0.262. The minimum atomic E-state index is -0.712. The van der Waals surface area contributed by atoms with E-state index in [0.29, 0.717) is 18.9 Å². The van der Waals surface area contributed by atoms with Crippen molar-refractivity contribution < 1.29 is 19.8 Å². The summed E-state index contributed by atoms with van der Waals surface area (Å²) < 4.78 is 6.19. The second kappa shape index (κ2) is 8.62. The molecule has 0 aliphatic carbocycles. The number of rotatable bonds is 8. The molecule has 0 aromatic heterocycles. The smallest absolute Gasteiger partial charge is 0.241 e. The molecule has 0 bridgehead atoms. The number of aliphatic hydroxyl groups is 1. The van der Waals surface area contributed by atoms with Gasteiger partial charge in [-0.25, -0.2) is 0 Å².